The van der Waals surface area contributed by atoms with Crippen LogP contribution >= 0.6 is 0 Å². The summed E-state index contributed by atoms with van der Waals surface area (Å²) in [5, 5.41) is 3.77. The number of rotatable bonds is 10. The predicted molar refractivity (Wildman–Crippen MR) is 179 cm³/mol. The number of aryl methyl sites for hydroxylation is 2. The van der Waals surface area contributed by atoms with E-state index >= 15 is 0 Å². The summed E-state index contributed by atoms with van der Waals surface area (Å²) >= 11 is 0. The summed E-state index contributed by atoms with van der Waals surface area (Å²) < 4.78 is 75.9. The van der Waals surface area contributed by atoms with Crippen molar-refractivity contribution in [2.45, 2.75) is 57.5 Å². The zero-order valence-electron chi connectivity index (χ0n) is 28.0. The van der Waals surface area contributed by atoms with Gasteiger partial charge in [0.05, 0.1) is 12.7 Å². The smallest absolute Gasteiger partial charge is 0.406 e. The fourth-order valence-corrected chi connectivity index (χ4v) is 7.53. The van der Waals surface area contributed by atoms with E-state index in [-0.39, 0.29) is 49.3 Å². The van der Waals surface area contributed by atoms with E-state index in [0.717, 1.165) is 48.1 Å². The summed E-state index contributed by atoms with van der Waals surface area (Å²) in [7, 11) is 0.130. The highest BCUT2D eigenvalue weighted by Gasteiger charge is 2.47. The van der Waals surface area contributed by atoms with Gasteiger partial charge in [0.2, 0.25) is 10.0 Å². The number of halogens is 3. The third-order valence-electron chi connectivity index (χ3n) is 9.10. The summed E-state index contributed by atoms with van der Waals surface area (Å²) in [6.07, 6.45) is -1.44. The number of piperidine rings is 2. The minimum absolute atomic E-state index is 0.0247. The van der Waals surface area contributed by atoms with Crippen molar-refractivity contribution in [2.24, 2.45) is 4.99 Å². The van der Waals surface area contributed by atoms with Gasteiger partial charge in [-0.2, -0.15) is 4.31 Å². The lowest BCUT2D eigenvalue weighted by molar-refractivity contribution is -0.274. The van der Waals surface area contributed by atoms with Crippen molar-refractivity contribution in [2.75, 3.05) is 53.4 Å². The Morgan fingerprint density at radius 2 is 1.73 bits per heavy atom. The number of amidine groups is 1. The lowest BCUT2D eigenvalue weighted by Gasteiger charge is -2.34. The van der Waals surface area contributed by atoms with E-state index in [4.69, 9.17) is 4.74 Å². The Balaban J connectivity index is 1.20. The van der Waals surface area contributed by atoms with Gasteiger partial charge in [-0.15, -0.1) is 13.2 Å². The normalized spacial score (nSPS) is 19.1. The standard InChI is InChI=1S/C34H42F3N5O6S/c1-23-20-26(31(43)41-13-8-27(9-14-41)47-18-17-40(3)4)21-24(2)29(23)10-19-49(45,46)42-15-11-33(12-16-42)32(44)38-30(39-33)25-6-5-7-28(22-25)48-34(35,36)37/h5-7,10,19-22,27H,8-9,11-18H2,1-4H3,(H,38,39,44). The molecule has 2 fully saturated rings. The van der Waals surface area contributed by atoms with Crippen LogP contribution in [-0.2, 0) is 19.6 Å². The van der Waals surface area contributed by atoms with Crippen molar-refractivity contribution in [1.29, 1.82) is 0 Å². The zero-order valence-corrected chi connectivity index (χ0v) is 28.9. The molecule has 15 heteroatoms. The van der Waals surface area contributed by atoms with Gasteiger partial charge in [0, 0.05) is 49.3 Å². The number of nitrogens with zero attached hydrogens (tertiary/aromatic N) is 4. The third kappa shape index (κ3) is 8.87. The first kappa shape index (κ1) is 36.5. The number of carbonyl (C=O) groups excluding carboxylic acids is 2. The van der Waals surface area contributed by atoms with Gasteiger partial charge in [0.25, 0.3) is 11.8 Å². The molecule has 3 aliphatic rings. The van der Waals surface area contributed by atoms with Crippen LogP contribution in [0.2, 0.25) is 0 Å². The SMILES string of the molecule is Cc1cc(C(=O)N2CCC(OCCN(C)C)CC2)cc(C)c1C=CS(=O)(=O)N1CCC2(CC1)N=C(c1cccc(OC(F)(F)F)c1)NC2=O. The number of sulfonamides is 1. The minimum atomic E-state index is -4.87. The number of likely N-dealkylation sites (N-methyl/N-ethyl adjacent to an activating group) is 1. The highest BCUT2D eigenvalue weighted by atomic mass is 32.2. The zero-order chi connectivity index (χ0) is 35.6. The fraction of sp³-hybridized carbons (Fsp3) is 0.500. The molecular formula is C34H42F3N5O6S. The monoisotopic (exact) mass is 705 g/mol. The molecule has 0 saturated carbocycles. The Hall–Kier alpha value is -3.79. The van der Waals surface area contributed by atoms with Gasteiger partial charge in [-0.1, -0.05) is 12.1 Å². The first-order valence-corrected chi connectivity index (χ1v) is 17.7. The van der Waals surface area contributed by atoms with Crippen LogP contribution in [0.15, 0.2) is 46.8 Å². The number of hydrogen-bond donors (Lipinski definition) is 1. The number of alkyl halides is 3. The first-order valence-electron chi connectivity index (χ1n) is 16.2. The van der Waals surface area contributed by atoms with Crippen LogP contribution in [0, 0.1) is 13.8 Å². The summed E-state index contributed by atoms with van der Waals surface area (Å²) in [6.45, 7) is 6.45. The van der Waals surface area contributed by atoms with Crippen molar-refractivity contribution < 1.29 is 40.7 Å². The lowest BCUT2D eigenvalue weighted by atomic mass is 9.89. The number of carbonyl (C=O) groups is 2. The number of amides is 2. The molecule has 0 radical (unpaired) electrons. The van der Waals surface area contributed by atoms with Gasteiger partial charge in [0.15, 0.2) is 0 Å². The Labute approximate surface area is 284 Å². The second kappa shape index (κ2) is 14.6. The topological polar surface area (TPSA) is 121 Å². The second-order valence-electron chi connectivity index (χ2n) is 13.0. The van der Waals surface area contributed by atoms with E-state index in [1.54, 1.807) is 12.1 Å². The van der Waals surface area contributed by atoms with Crippen LogP contribution in [0.3, 0.4) is 0 Å². The van der Waals surface area contributed by atoms with Crippen molar-refractivity contribution >= 4 is 33.7 Å². The van der Waals surface area contributed by atoms with Gasteiger partial charge in [-0.3, -0.25) is 14.6 Å². The third-order valence-corrected chi connectivity index (χ3v) is 10.7. The van der Waals surface area contributed by atoms with Gasteiger partial charge < -0.3 is 24.6 Å². The lowest BCUT2D eigenvalue weighted by Crippen LogP contribution is -2.50. The quantitative estimate of drug-likeness (QED) is 0.396. The number of likely N-dealkylation sites (tertiary alicyclic amines) is 1. The number of ether oxygens (including phenoxy) is 2. The molecule has 2 aromatic carbocycles. The van der Waals surface area contributed by atoms with Gasteiger partial charge in [-0.25, -0.2) is 8.42 Å². The highest BCUT2D eigenvalue weighted by Crippen LogP contribution is 2.33. The van der Waals surface area contributed by atoms with Crippen molar-refractivity contribution in [3.05, 3.63) is 69.6 Å². The number of hydrogen-bond acceptors (Lipinski definition) is 8. The molecule has 2 aromatic rings. The van der Waals surface area contributed by atoms with Crippen LogP contribution in [0.5, 0.6) is 5.75 Å². The van der Waals surface area contributed by atoms with E-state index < -0.39 is 33.6 Å². The molecular weight excluding hydrogens is 663 g/mol. The Bertz CT molecular complexity index is 1700. The van der Waals surface area contributed by atoms with Crippen molar-refractivity contribution in [3.63, 3.8) is 0 Å². The maximum absolute atomic E-state index is 13.3. The van der Waals surface area contributed by atoms with Crippen LogP contribution in [0.1, 0.15) is 58.3 Å². The summed E-state index contributed by atoms with van der Waals surface area (Å²) in [6, 6.07) is 8.71. The number of aliphatic imine (C=N–C) groups is 1. The van der Waals surface area contributed by atoms with E-state index in [1.165, 1.54) is 22.5 Å². The molecule has 5 rings (SSSR count). The minimum Gasteiger partial charge on any atom is -0.406 e. The first-order chi connectivity index (χ1) is 23.0. The van der Waals surface area contributed by atoms with Gasteiger partial charge in [-0.05, 0) is 101 Å². The van der Waals surface area contributed by atoms with E-state index in [1.807, 2.05) is 32.8 Å². The van der Waals surface area contributed by atoms with Crippen LogP contribution < -0.4 is 10.1 Å². The van der Waals surface area contributed by atoms with Gasteiger partial charge >= 0.3 is 6.36 Å². The molecule has 0 bridgehead atoms. The Morgan fingerprint density at radius 1 is 1.08 bits per heavy atom. The molecule has 49 heavy (non-hydrogen) atoms. The molecule has 11 nitrogen and oxygen atoms in total. The molecule has 0 aromatic heterocycles. The van der Waals surface area contributed by atoms with E-state index in [2.05, 4.69) is 19.9 Å². The number of nitrogens with one attached hydrogen (secondary N) is 1. The van der Waals surface area contributed by atoms with Gasteiger partial charge in [0.1, 0.15) is 17.1 Å². The maximum atomic E-state index is 13.3. The largest absolute Gasteiger partial charge is 0.573 e. The maximum Gasteiger partial charge on any atom is 0.573 e. The molecule has 3 heterocycles. The van der Waals surface area contributed by atoms with Crippen LogP contribution in [0.25, 0.3) is 6.08 Å². The highest BCUT2D eigenvalue weighted by molar-refractivity contribution is 7.92. The molecule has 0 atom stereocenters. The fourth-order valence-electron chi connectivity index (χ4n) is 6.35. The Kier molecular flexibility index (Phi) is 10.9. The summed E-state index contributed by atoms with van der Waals surface area (Å²) in [5.74, 6) is -0.835. The summed E-state index contributed by atoms with van der Waals surface area (Å²) in [4.78, 5) is 34.7. The van der Waals surface area contributed by atoms with E-state index in [0.29, 0.717) is 30.8 Å². The Morgan fingerprint density at radius 3 is 2.35 bits per heavy atom. The molecule has 0 aliphatic carbocycles. The average Bonchev–Trinajstić information content (AvgIpc) is 3.34. The average molecular weight is 706 g/mol. The van der Waals surface area contributed by atoms with Crippen molar-refractivity contribution in [1.82, 2.24) is 19.4 Å². The molecule has 3 aliphatic heterocycles. The molecule has 266 valence electrons. The molecule has 1 spiro atoms. The predicted octanol–water partition coefficient (Wildman–Crippen LogP) is 4.10. The van der Waals surface area contributed by atoms with Crippen LogP contribution in [-0.4, -0.2) is 112 Å². The number of benzene rings is 2. The van der Waals surface area contributed by atoms with E-state index in [9.17, 15) is 31.2 Å². The van der Waals surface area contributed by atoms with Crippen molar-refractivity contribution in [3.8, 4) is 5.75 Å². The second-order valence-corrected chi connectivity index (χ2v) is 14.8. The molecule has 0 unspecified atom stereocenters. The molecule has 2 saturated heterocycles. The molecule has 1 N–H and O–H groups in total. The molecule has 2 amide bonds. The van der Waals surface area contributed by atoms with Crippen LogP contribution in [0.4, 0.5) is 13.2 Å². The summed E-state index contributed by atoms with van der Waals surface area (Å²) in [5.41, 5.74) is 1.80.